The third-order valence-corrected chi connectivity index (χ3v) is 11.3. The highest BCUT2D eigenvalue weighted by atomic mass is 32.2. The third kappa shape index (κ3) is 15.6. The van der Waals surface area contributed by atoms with Gasteiger partial charge in [0, 0.05) is 30.6 Å². The fourth-order valence-electron chi connectivity index (χ4n) is 5.46. The van der Waals surface area contributed by atoms with Gasteiger partial charge in [0.2, 0.25) is 5.91 Å². The van der Waals surface area contributed by atoms with Crippen molar-refractivity contribution in [3.05, 3.63) is 59.7 Å². The molecule has 5 N–H and O–H groups in total. The molecule has 1 saturated carbocycles. The molecule has 16 nitrogen and oxygen atoms in total. The minimum absolute atomic E-state index is 0.0357. The number of ether oxygens (including phenoxy) is 3. The number of nitrogens with two attached hydrogens (primary N) is 1. The summed E-state index contributed by atoms with van der Waals surface area (Å²) < 4.78 is 113. The number of para-hydroxylation sites is 2. The van der Waals surface area contributed by atoms with Gasteiger partial charge in [-0.3, -0.25) is 9.59 Å². The number of carbonyl (C=O) groups is 4. The number of amides is 3. The van der Waals surface area contributed by atoms with Crippen LogP contribution in [-0.2, 0) is 50.3 Å². The Bertz CT molecular complexity index is 1850. The highest BCUT2D eigenvalue weighted by Crippen LogP contribution is 2.24. The van der Waals surface area contributed by atoms with Crippen LogP contribution in [0.3, 0.4) is 0 Å². The Hall–Kier alpha value is -4.54. The molecule has 3 amide bonds. The van der Waals surface area contributed by atoms with Gasteiger partial charge in [-0.25, -0.2) is 26.4 Å². The van der Waals surface area contributed by atoms with Crippen molar-refractivity contribution < 1.29 is 72.9 Å². The van der Waals surface area contributed by atoms with E-state index in [-0.39, 0.29) is 41.5 Å². The van der Waals surface area contributed by atoms with E-state index < -0.39 is 91.9 Å². The van der Waals surface area contributed by atoms with Crippen LogP contribution in [0.1, 0.15) is 36.8 Å². The van der Waals surface area contributed by atoms with Crippen molar-refractivity contribution in [3.8, 4) is 11.5 Å². The first-order valence-electron chi connectivity index (χ1n) is 16.8. The van der Waals surface area contributed by atoms with E-state index in [0.717, 1.165) is 12.8 Å². The number of hydrogen-bond acceptors (Lipinski definition) is 12. The summed E-state index contributed by atoms with van der Waals surface area (Å²) in [6.45, 7) is -5.13. The maximum atomic E-state index is 12.5. The van der Waals surface area contributed by atoms with Crippen molar-refractivity contribution in [1.82, 2.24) is 15.5 Å². The van der Waals surface area contributed by atoms with E-state index in [1.165, 1.54) is 53.4 Å². The smallest absolute Gasteiger partial charge is 0.387 e. The summed E-state index contributed by atoms with van der Waals surface area (Å²) in [5.41, 5.74) is 5.70. The second-order valence-electron chi connectivity index (χ2n) is 12.4. The molecule has 0 radical (unpaired) electrons. The zero-order valence-corrected chi connectivity index (χ0v) is 30.9. The molecule has 2 fully saturated rings. The topological polar surface area (TPSA) is 238 Å². The Kier molecular flexibility index (Phi) is 17.1. The average molecular weight is 827 g/mol. The monoisotopic (exact) mass is 826 g/mol. The number of sulfone groups is 2. The highest BCUT2D eigenvalue weighted by molar-refractivity contribution is 7.91. The van der Waals surface area contributed by atoms with E-state index in [0.29, 0.717) is 26.1 Å². The maximum absolute atomic E-state index is 12.5. The van der Waals surface area contributed by atoms with Crippen LogP contribution in [0.2, 0.25) is 0 Å². The van der Waals surface area contributed by atoms with Crippen molar-refractivity contribution in [2.45, 2.75) is 68.5 Å². The molecule has 1 aliphatic carbocycles. The molecule has 4 rings (SSSR count). The summed E-state index contributed by atoms with van der Waals surface area (Å²) in [5, 5.41) is 13.9. The molecule has 2 aromatic carbocycles. The molecule has 0 bridgehead atoms. The van der Waals surface area contributed by atoms with Crippen molar-refractivity contribution >= 4 is 43.4 Å². The number of carbonyl (C=O) groups excluding carboxylic acids is 3. The molecule has 2 aromatic rings. The van der Waals surface area contributed by atoms with Crippen molar-refractivity contribution in [2.75, 3.05) is 37.8 Å². The summed E-state index contributed by atoms with van der Waals surface area (Å²) >= 11 is 0. The summed E-state index contributed by atoms with van der Waals surface area (Å²) in [7, 11) is -7.96. The number of urea groups is 1. The molecule has 1 aliphatic heterocycles. The third-order valence-electron chi connectivity index (χ3n) is 8.08. The Morgan fingerprint density at radius 1 is 0.855 bits per heavy atom. The van der Waals surface area contributed by atoms with Crippen LogP contribution in [0.4, 0.5) is 22.4 Å². The predicted octanol–water partition coefficient (Wildman–Crippen LogP) is 1.86. The minimum Gasteiger partial charge on any atom is -0.480 e. The molecule has 3 unspecified atom stereocenters. The number of alkyl halides is 4. The molecule has 22 heteroatoms. The molecule has 55 heavy (non-hydrogen) atoms. The quantitative estimate of drug-likeness (QED) is 0.177. The van der Waals surface area contributed by atoms with Gasteiger partial charge in [0.15, 0.2) is 25.5 Å². The fourth-order valence-corrected chi connectivity index (χ4v) is 8.55. The first-order chi connectivity index (χ1) is 25.9. The van der Waals surface area contributed by atoms with Crippen LogP contribution in [0.15, 0.2) is 48.5 Å². The molecule has 2 aliphatic rings. The second-order valence-corrected chi connectivity index (χ2v) is 16.6. The Morgan fingerprint density at radius 2 is 1.36 bits per heavy atom. The summed E-state index contributed by atoms with van der Waals surface area (Å²) in [6, 6.07) is 6.42. The van der Waals surface area contributed by atoms with Crippen molar-refractivity contribution in [3.63, 3.8) is 0 Å². The van der Waals surface area contributed by atoms with Gasteiger partial charge in [-0.15, -0.1) is 0 Å². The predicted molar refractivity (Wildman–Crippen MR) is 187 cm³/mol. The van der Waals surface area contributed by atoms with Crippen LogP contribution in [0.25, 0.3) is 0 Å². The standard InChI is InChI=1S/C17H22F2N2O5S.C16H20F2N2O7S/c18-17(19)26-15-8-4-1-5-11(15)9-27(24,25)10-12(20)16(23)21-13-6-2-3-7-14(13)22;17-15(18)27-13-4-2-1-3-11(13)9-28(24,25)10-12(14(21)22)19-16(23)20-5-7-26-8-6-20/h1,4-5,8,12-13,17H,2-3,6-7,9-10,20H2,(H,21,23);1-4,12,15H,5-10H2,(H,19,23)(H,21,22). The van der Waals surface area contributed by atoms with Gasteiger partial charge >= 0.3 is 25.2 Å². The number of benzene rings is 2. The molecule has 0 aromatic heterocycles. The van der Waals surface area contributed by atoms with Crippen LogP contribution in [0, 0.1) is 0 Å². The largest absolute Gasteiger partial charge is 0.480 e. The van der Waals surface area contributed by atoms with Crippen LogP contribution < -0.4 is 25.8 Å². The number of ketones is 1. The number of carboxylic acid groups (broad SMARTS) is 1. The number of Topliss-reactive ketones (excluding diaryl/α,β-unsaturated/α-hetero) is 1. The molecule has 1 saturated heterocycles. The Labute approximate surface area is 314 Å². The van der Waals surface area contributed by atoms with E-state index >= 15 is 0 Å². The first-order valence-corrected chi connectivity index (χ1v) is 20.4. The lowest BCUT2D eigenvalue weighted by molar-refractivity contribution is -0.138. The highest BCUT2D eigenvalue weighted by Gasteiger charge is 2.31. The van der Waals surface area contributed by atoms with Gasteiger partial charge in [-0.2, -0.15) is 17.6 Å². The molecular weight excluding hydrogens is 785 g/mol. The van der Waals surface area contributed by atoms with Gasteiger partial charge in [0.25, 0.3) is 0 Å². The van der Waals surface area contributed by atoms with E-state index in [9.17, 15) is 58.7 Å². The Morgan fingerprint density at radius 3 is 1.85 bits per heavy atom. The van der Waals surface area contributed by atoms with Crippen molar-refractivity contribution in [1.29, 1.82) is 0 Å². The first kappa shape index (κ1) is 44.9. The van der Waals surface area contributed by atoms with Crippen molar-refractivity contribution in [2.24, 2.45) is 5.73 Å². The number of rotatable bonds is 16. The number of morpholine rings is 1. The molecule has 3 atom stereocenters. The van der Waals surface area contributed by atoms with Crippen LogP contribution in [-0.4, -0.2) is 120 Å². The molecule has 306 valence electrons. The summed E-state index contributed by atoms with van der Waals surface area (Å²) in [6.07, 6.45) is 2.44. The Balaban J connectivity index is 0.000000296. The second kappa shape index (κ2) is 20.9. The minimum atomic E-state index is -4.08. The van der Waals surface area contributed by atoms with E-state index in [2.05, 4.69) is 20.1 Å². The fraction of sp³-hybridized carbons (Fsp3) is 0.515. The molecule has 1 heterocycles. The maximum Gasteiger partial charge on any atom is 0.387 e. The zero-order chi connectivity index (χ0) is 40.8. The number of halogens is 4. The zero-order valence-electron chi connectivity index (χ0n) is 29.3. The van der Waals surface area contributed by atoms with E-state index in [1.54, 1.807) is 0 Å². The lowest BCUT2D eigenvalue weighted by Crippen LogP contribution is -2.53. The lowest BCUT2D eigenvalue weighted by atomic mass is 9.94. The summed E-state index contributed by atoms with van der Waals surface area (Å²) in [5.74, 6) is -5.80. The van der Waals surface area contributed by atoms with Crippen LogP contribution in [0.5, 0.6) is 11.5 Å². The number of hydrogen-bond donors (Lipinski definition) is 4. The van der Waals surface area contributed by atoms with Gasteiger partial charge in [-0.05, 0) is 25.0 Å². The van der Waals surface area contributed by atoms with E-state index in [1.807, 2.05) is 0 Å². The van der Waals surface area contributed by atoms with Gasteiger partial charge in [0.05, 0.1) is 48.3 Å². The molecular formula is C33H42F4N4O12S2. The normalized spacial score (nSPS) is 17.4. The summed E-state index contributed by atoms with van der Waals surface area (Å²) in [4.78, 5) is 48.7. The van der Waals surface area contributed by atoms with Crippen LogP contribution >= 0.6 is 0 Å². The number of nitrogens with one attached hydrogen (secondary N) is 2. The molecule has 0 spiro atoms. The van der Waals surface area contributed by atoms with Gasteiger partial charge in [0.1, 0.15) is 17.5 Å². The average Bonchev–Trinajstić information content (AvgIpc) is 3.10. The van der Waals surface area contributed by atoms with E-state index in [4.69, 9.17) is 10.5 Å². The lowest BCUT2D eigenvalue weighted by Gasteiger charge is -2.28. The number of aliphatic carboxylic acids is 1. The number of carboxylic acids is 1. The SMILES string of the molecule is NC(CS(=O)(=O)Cc1ccccc1OC(F)F)C(=O)NC1CCCCC1=O.O=C(O)C(CS(=O)(=O)Cc1ccccc1OC(F)F)NC(=O)N1CCOCC1. The number of nitrogens with zero attached hydrogens (tertiary/aromatic N) is 1. The van der Waals surface area contributed by atoms with Gasteiger partial charge < -0.3 is 40.6 Å². The van der Waals surface area contributed by atoms with Gasteiger partial charge in [-0.1, -0.05) is 42.8 Å².